The third kappa shape index (κ3) is 3.55. The van der Waals surface area contributed by atoms with Gasteiger partial charge in [0.15, 0.2) is 5.13 Å². The van der Waals surface area contributed by atoms with Gasteiger partial charge in [-0.2, -0.15) is 0 Å². The van der Waals surface area contributed by atoms with Gasteiger partial charge in [0, 0.05) is 6.54 Å². The molecule has 116 valence electrons. The summed E-state index contributed by atoms with van der Waals surface area (Å²) >= 11 is 1.27. The summed E-state index contributed by atoms with van der Waals surface area (Å²) in [7, 11) is 0. The van der Waals surface area contributed by atoms with E-state index in [1.165, 1.54) is 56.5 Å². The number of rotatable bonds is 4. The van der Waals surface area contributed by atoms with Crippen LogP contribution in [0.15, 0.2) is 6.20 Å². The molecule has 0 radical (unpaired) electrons. The van der Waals surface area contributed by atoms with Crippen LogP contribution >= 0.6 is 11.3 Å². The van der Waals surface area contributed by atoms with Gasteiger partial charge in [-0.05, 0) is 38.8 Å². The summed E-state index contributed by atoms with van der Waals surface area (Å²) in [5.74, 6) is -0.00898. The Morgan fingerprint density at radius 2 is 2.00 bits per heavy atom. The van der Waals surface area contributed by atoms with Crippen molar-refractivity contribution in [3.8, 4) is 0 Å². The van der Waals surface area contributed by atoms with Crippen molar-refractivity contribution in [3.05, 3.63) is 11.1 Å². The predicted molar refractivity (Wildman–Crippen MR) is 85.5 cm³/mol. The number of amides is 1. The summed E-state index contributed by atoms with van der Waals surface area (Å²) in [6.07, 6.45) is 10.0. The van der Waals surface area contributed by atoms with Crippen molar-refractivity contribution in [3.63, 3.8) is 0 Å². The fourth-order valence-corrected chi connectivity index (χ4v) is 4.19. The van der Waals surface area contributed by atoms with E-state index in [9.17, 15) is 4.79 Å². The number of carbonyl (C=O) groups is 1. The summed E-state index contributed by atoms with van der Waals surface area (Å²) in [6, 6.07) is 0. The van der Waals surface area contributed by atoms with Crippen LogP contribution in [0.4, 0.5) is 5.13 Å². The largest absolute Gasteiger partial charge is 0.375 e. The summed E-state index contributed by atoms with van der Waals surface area (Å²) in [5.41, 5.74) is 5.58. The Labute approximate surface area is 129 Å². The van der Waals surface area contributed by atoms with Gasteiger partial charge in [-0.1, -0.05) is 30.6 Å². The number of nitrogens with one attached hydrogen (secondary N) is 1. The van der Waals surface area contributed by atoms with E-state index >= 15 is 0 Å². The molecule has 1 amide bonds. The Hall–Kier alpha value is -1.14. The lowest BCUT2D eigenvalue weighted by Gasteiger charge is -2.40. The molecule has 1 aromatic heterocycles. The molecular weight excluding hydrogens is 284 g/mol. The predicted octanol–water partition coefficient (Wildman–Crippen LogP) is 2.25. The van der Waals surface area contributed by atoms with Crippen LogP contribution in [0.2, 0.25) is 0 Å². The van der Waals surface area contributed by atoms with Crippen LogP contribution < -0.4 is 11.1 Å². The summed E-state index contributed by atoms with van der Waals surface area (Å²) < 4.78 is 0. The molecule has 2 heterocycles. The second-order valence-corrected chi connectivity index (χ2v) is 7.40. The Bertz CT molecular complexity index is 490. The number of aromatic nitrogens is 1. The minimum atomic E-state index is -0.0571. The fourth-order valence-electron chi connectivity index (χ4n) is 3.61. The van der Waals surface area contributed by atoms with E-state index in [4.69, 9.17) is 5.73 Å². The van der Waals surface area contributed by atoms with Crippen LogP contribution in [0, 0.1) is 0 Å². The highest BCUT2D eigenvalue weighted by Gasteiger charge is 2.36. The molecule has 0 bridgehead atoms. The fraction of sp³-hybridized carbons (Fsp3) is 0.733. The standard InChI is InChI=1S/C15H24N4OS/c16-14-17-10-12(21-14)13(20)18-15(6-2-1-3-7-15)11-19-8-4-5-9-19/h10H,1-9,11H2,(H2,16,17)(H,18,20). The third-order valence-corrected chi connectivity index (χ3v) is 5.49. The highest BCUT2D eigenvalue weighted by atomic mass is 32.1. The highest BCUT2D eigenvalue weighted by molar-refractivity contribution is 7.17. The van der Waals surface area contributed by atoms with E-state index in [-0.39, 0.29) is 11.4 Å². The zero-order valence-corrected chi connectivity index (χ0v) is 13.3. The van der Waals surface area contributed by atoms with Gasteiger partial charge in [0.2, 0.25) is 0 Å². The van der Waals surface area contributed by atoms with Gasteiger partial charge in [0.25, 0.3) is 5.91 Å². The average Bonchev–Trinajstić information content (AvgIpc) is 3.11. The minimum absolute atomic E-state index is 0.00898. The second kappa shape index (κ2) is 6.32. The van der Waals surface area contributed by atoms with Crippen molar-refractivity contribution in [2.24, 2.45) is 0 Å². The lowest BCUT2D eigenvalue weighted by Crippen LogP contribution is -2.56. The second-order valence-electron chi connectivity index (χ2n) is 6.34. The van der Waals surface area contributed by atoms with Crippen molar-refractivity contribution in [2.45, 2.75) is 50.5 Å². The van der Waals surface area contributed by atoms with Crippen LogP contribution in [0.3, 0.4) is 0 Å². The van der Waals surface area contributed by atoms with E-state index in [0.29, 0.717) is 10.0 Å². The number of likely N-dealkylation sites (tertiary alicyclic amines) is 1. The molecule has 0 spiro atoms. The molecule has 3 N–H and O–H groups in total. The maximum Gasteiger partial charge on any atom is 0.263 e. The van der Waals surface area contributed by atoms with Gasteiger partial charge >= 0.3 is 0 Å². The number of hydrogen-bond acceptors (Lipinski definition) is 5. The monoisotopic (exact) mass is 308 g/mol. The van der Waals surface area contributed by atoms with Gasteiger partial charge < -0.3 is 16.0 Å². The molecule has 5 nitrogen and oxygen atoms in total. The van der Waals surface area contributed by atoms with Gasteiger partial charge in [-0.3, -0.25) is 4.79 Å². The number of anilines is 1. The molecule has 0 atom stereocenters. The first-order valence-electron chi connectivity index (χ1n) is 7.93. The summed E-state index contributed by atoms with van der Waals surface area (Å²) in [6.45, 7) is 3.34. The number of thiazole rings is 1. The number of nitrogen functional groups attached to an aromatic ring is 1. The molecule has 0 unspecified atom stereocenters. The van der Waals surface area contributed by atoms with Crippen LogP contribution in [0.1, 0.15) is 54.6 Å². The van der Waals surface area contributed by atoms with Gasteiger partial charge in [0.05, 0.1) is 11.7 Å². The molecule has 0 aromatic carbocycles. The van der Waals surface area contributed by atoms with Crippen molar-refractivity contribution in [1.29, 1.82) is 0 Å². The van der Waals surface area contributed by atoms with E-state index in [0.717, 1.165) is 19.4 Å². The van der Waals surface area contributed by atoms with Gasteiger partial charge in [-0.15, -0.1) is 0 Å². The molecule has 1 aromatic rings. The highest BCUT2D eigenvalue weighted by Crippen LogP contribution is 2.31. The van der Waals surface area contributed by atoms with Crippen LogP contribution in [-0.4, -0.2) is 41.0 Å². The molecule has 2 aliphatic rings. The topological polar surface area (TPSA) is 71.2 Å². The normalized spacial score (nSPS) is 22.3. The molecule has 6 heteroatoms. The van der Waals surface area contributed by atoms with Crippen molar-refractivity contribution < 1.29 is 4.79 Å². The quantitative estimate of drug-likeness (QED) is 0.895. The first-order valence-corrected chi connectivity index (χ1v) is 8.75. The molecule has 1 aliphatic heterocycles. The average molecular weight is 308 g/mol. The van der Waals surface area contributed by atoms with Crippen LogP contribution in [-0.2, 0) is 0 Å². The lowest BCUT2D eigenvalue weighted by atomic mass is 9.81. The van der Waals surface area contributed by atoms with Crippen LogP contribution in [0.5, 0.6) is 0 Å². The zero-order chi connectivity index (χ0) is 14.7. The Balaban J connectivity index is 1.70. The van der Waals surface area contributed by atoms with E-state index in [2.05, 4.69) is 15.2 Å². The SMILES string of the molecule is Nc1ncc(C(=O)NC2(CN3CCCC3)CCCCC2)s1. The Morgan fingerprint density at radius 3 is 2.62 bits per heavy atom. The third-order valence-electron chi connectivity index (χ3n) is 4.66. The summed E-state index contributed by atoms with van der Waals surface area (Å²) in [4.78, 5) is 19.6. The number of nitrogens with zero attached hydrogens (tertiary/aromatic N) is 2. The molecule has 3 rings (SSSR count). The molecule has 2 fully saturated rings. The Kier molecular flexibility index (Phi) is 4.45. The molecule has 1 aliphatic carbocycles. The number of hydrogen-bond donors (Lipinski definition) is 2. The number of nitrogens with two attached hydrogens (primary N) is 1. The Morgan fingerprint density at radius 1 is 1.29 bits per heavy atom. The van der Waals surface area contributed by atoms with Crippen molar-refractivity contribution >= 4 is 22.4 Å². The van der Waals surface area contributed by atoms with E-state index in [1.807, 2.05) is 0 Å². The van der Waals surface area contributed by atoms with Gasteiger partial charge in [0.1, 0.15) is 4.88 Å². The smallest absolute Gasteiger partial charge is 0.263 e. The number of carbonyl (C=O) groups excluding carboxylic acids is 1. The molecular formula is C15H24N4OS. The molecule has 21 heavy (non-hydrogen) atoms. The lowest BCUT2D eigenvalue weighted by molar-refractivity contribution is 0.0826. The van der Waals surface area contributed by atoms with Crippen molar-refractivity contribution in [1.82, 2.24) is 15.2 Å². The maximum atomic E-state index is 12.5. The maximum absolute atomic E-state index is 12.5. The molecule has 1 saturated carbocycles. The van der Waals surface area contributed by atoms with Crippen LogP contribution in [0.25, 0.3) is 0 Å². The first-order chi connectivity index (χ1) is 10.2. The van der Waals surface area contributed by atoms with E-state index < -0.39 is 0 Å². The molecule has 1 saturated heterocycles. The first kappa shape index (κ1) is 14.8. The zero-order valence-electron chi connectivity index (χ0n) is 12.4. The minimum Gasteiger partial charge on any atom is -0.375 e. The van der Waals surface area contributed by atoms with Crippen molar-refractivity contribution in [2.75, 3.05) is 25.4 Å². The van der Waals surface area contributed by atoms with Gasteiger partial charge in [-0.25, -0.2) is 4.98 Å². The summed E-state index contributed by atoms with van der Waals surface area (Å²) in [5, 5.41) is 3.78. The van der Waals surface area contributed by atoms with E-state index in [1.54, 1.807) is 6.20 Å².